The summed E-state index contributed by atoms with van der Waals surface area (Å²) < 4.78 is 0. The van der Waals surface area contributed by atoms with Crippen LogP contribution in [0.1, 0.15) is 12.5 Å². The third-order valence-corrected chi connectivity index (χ3v) is 3.48. The number of para-hydroxylation sites is 1. The molecule has 1 fully saturated rings. The van der Waals surface area contributed by atoms with Crippen LogP contribution in [0.25, 0.3) is 0 Å². The first-order valence-corrected chi connectivity index (χ1v) is 6.35. The van der Waals surface area contributed by atoms with E-state index in [-0.39, 0.29) is 10.6 Å². The maximum atomic E-state index is 11.0. The summed E-state index contributed by atoms with van der Waals surface area (Å²) in [6.07, 6.45) is 0.733. The monoisotopic (exact) mass is 249 g/mol. The molecule has 1 aromatic rings. The Hall–Kier alpha value is -1.46. The van der Waals surface area contributed by atoms with Gasteiger partial charge < -0.3 is 5.32 Å². The van der Waals surface area contributed by atoms with Crippen LogP contribution in [0.15, 0.2) is 24.3 Å². The number of rotatable bonds is 4. The Morgan fingerprint density at radius 2 is 2.06 bits per heavy atom. The van der Waals surface area contributed by atoms with Crippen LogP contribution in [0, 0.1) is 10.1 Å². The van der Waals surface area contributed by atoms with E-state index in [0.717, 1.165) is 38.2 Å². The van der Waals surface area contributed by atoms with Gasteiger partial charge in [-0.25, -0.2) is 0 Å². The number of nitro benzene ring substituents is 1. The minimum atomic E-state index is -0.292. The third-order valence-electron chi connectivity index (χ3n) is 3.48. The molecule has 5 nitrogen and oxygen atoms in total. The number of nitro groups is 1. The minimum Gasteiger partial charge on any atom is -0.314 e. The second kappa shape index (κ2) is 5.93. The summed E-state index contributed by atoms with van der Waals surface area (Å²) in [5.74, 6) is 0. The average molecular weight is 249 g/mol. The lowest BCUT2D eigenvalue weighted by Crippen LogP contribution is -2.48. The van der Waals surface area contributed by atoms with Gasteiger partial charge in [-0.15, -0.1) is 0 Å². The molecular weight excluding hydrogens is 230 g/mol. The van der Waals surface area contributed by atoms with Crippen molar-refractivity contribution in [1.29, 1.82) is 0 Å². The molecule has 0 radical (unpaired) electrons. The molecule has 0 aromatic heterocycles. The van der Waals surface area contributed by atoms with E-state index < -0.39 is 0 Å². The Balaban J connectivity index is 2.06. The first kappa shape index (κ1) is 13.0. The van der Waals surface area contributed by atoms with Crippen LogP contribution in [0.5, 0.6) is 0 Å². The van der Waals surface area contributed by atoms with Crippen molar-refractivity contribution in [1.82, 2.24) is 10.2 Å². The Bertz CT molecular complexity index is 416. The van der Waals surface area contributed by atoms with Gasteiger partial charge in [0.25, 0.3) is 5.69 Å². The largest absolute Gasteiger partial charge is 0.314 e. The maximum Gasteiger partial charge on any atom is 0.272 e. The zero-order valence-corrected chi connectivity index (χ0v) is 10.6. The van der Waals surface area contributed by atoms with Crippen LogP contribution < -0.4 is 5.32 Å². The standard InChI is InChI=1S/C13H19N3O2/c1-11(15-8-6-14-7-9-15)10-12-4-2-3-5-13(12)16(17)18/h2-5,11,14H,6-10H2,1H3. The van der Waals surface area contributed by atoms with E-state index in [2.05, 4.69) is 17.1 Å². The van der Waals surface area contributed by atoms with Crippen molar-refractivity contribution in [2.45, 2.75) is 19.4 Å². The maximum absolute atomic E-state index is 11.0. The predicted molar refractivity (Wildman–Crippen MR) is 70.7 cm³/mol. The summed E-state index contributed by atoms with van der Waals surface area (Å²) in [6, 6.07) is 7.37. The van der Waals surface area contributed by atoms with Gasteiger partial charge in [0.15, 0.2) is 0 Å². The molecule has 0 saturated carbocycles. The van der Waals surface area contributed by atoms with Gasteiger partial charge in [-0.3, -0.25) is 15.0 Å². The van der Waals surface area contributed by atoms with Crippen LogP contribution in [0.2, 0.25) is 0 Å². The van der Waals surface area contributed by atoms with Crippen LogP contribution in [0.3, 0.4) is 0 Å². The number of hydrogen-bond donors (Lipinski definition) is 1. The lowest BCUT2D eigenvalue weighted by molar-refractivity contribution is -0.385. The van der Waals surface area contributed by atoms with E-state index in [1.165, 1.54) is 0 Å². The summed E-state index contributed by atoms with van der Waals surface area (Å²) in [5, 5.41) is 14.3. The first-order valence-electron chi connectivity index (χ1n) is 6.35. The fraction of sp³-hybridized carbons (Fsp3) is 0.538. The van der Waals surface area contributed by atoms with Crippen LogP contribution in [0.4, 0.5) is 5.69 Å². The van der Waals surface area contributed by atoms with Crippen molar-refractivity contribution in [3.63, 3.8) is 0 Å². The number of benzene rings is 1. The highest BCUT2D eigenvalue weighted by Crippen LogP contribution is 2.20. The van der Waals surface area contributed by atoms with E-state index in [9.17, 15) is 10.1 Å². The molecule has 0 amide bonds. The fourth-order valence-corrected chi connectivity index (χ4v) is 2.43. The number of piperazine rings is 1. The predicted octanol–water partition coefficient (Wildman–Crippen LogP) is 1.43. The van der Waals surface area contributed by atoms with Crippen molar-refractivity contribution in [3.8, 4) is 0 Å². The van der Waals surface area contributed by atoms with E-state index in [1.807, 2.05) is 12.1 Å². The van der Waals surface area contributed by atoms with Crippen molar-refractivity contribution in [2.24, 2.45) is 0 Å². The quantitative estimate of drug-likeness (QED) is 0.648. The summed E-state index contributed by atoms with van der Waals surface area (Å²) in [6.45, 7) is 6.17. The summed E-state index contributed by atoms with van der Waals surface area (Å²) in [7, 11) is 0. The Morgan fingerprint density at radius 1 is 1.39 bits per heavy atom. The highest BCUT2D eigenvalue weighted by molar-refractivity contribution is 5.40. The summed E-state index contributed by atoms with van der Waals surface area (Å²) >= 11 is 0. The lowest BCUT2D eigenvalue weighted by Gasteiger charge is -2.32. The van der Waals surface area contributed by atoms with E-state index in [0.29, 0.717) is 6.04 Å². The topological polar surface area (TPSA) is 58.4 Å². The zero-order chi connectivity index (χ0) is 13.0. The Kier molecular flexibility index (Phi) is 4.28. The number of hydrogen-bond acceptors (Lipinski definition) is 4. The highest BCUT2D eigenvalue weighted by atomic mass is 16.6. The fourth-order valence-electron chi connectivity index (χ4n) is 2.43. The molecule has 1 N–H and O–H groups in total. The van der Waals surface area contributed by atoms with E-state index in [4.69, 9.17) is 0 Å². The smallest absolute Gasteiger partial charge is 0.272 e. The molecule has 0 spiro atoms. The number of nitrogens with zero attached hydrogens (tertiary/aromatic N) is 2. The van der Waals surface area contributed by atoms with Crippen LogP contribution in [-0.2, 0) is 6.42 Å². The molecule has 1 heterocycles. The molecule has 0 bridgehead atoms. The van der Waals surface area contributed by atoms with Crippen molar-refractivity contribution in [2.75, 3.05) is 26.2 Å². The number of nitrogens with one attached hydrogen (secondary N) is 1. The van der Waals surface area contributed by atoms with Gasteiger partial charge in [0.1, 0.15) is 0 Å². The van der Waals surface area contributed by atoms with Crippen molar-refractivity contribution >= 4 is 5.69 Å². The Labute approximate surface area is 107 Å². The minimum absolute atomic E-state index is 0.236. The van der Waals surface area contributed by atoms with Gasteiger partial charge in [0, 0.05) is 43.9 Å². The van der Waals surface area contributed by atoms with Crippen LogP contribution in [-0.4, -0.2) is 42.0 Å². The van der Waals surface area contributed by atoms with Gasteiger partial charge in [0.05, 0.1) is 4.92 Å². The molecule has 1 saturated heterocycles. The molecule has 1 atom stereocenters. The molecule has 18 heavy (non-hydrogen) atoms. The second-order valence-electron chi connectivity index (χ2n) is 4.72. The molecule has 1 aliphatic heterocycles. The molecule has 5 heteroatoms. The Morgan fingerprint density at radius 3 is 2.72 bits per heavy atom. The summed E-state index contributed by atoms with van der Waals surface area (Å²) in [4.78, 5) is 13.1. The average Bonchev–Trinajstić information content (AvgIpc) is 2.40. The van der Waals surface area contributed by atoms with Crippen molar-refractivity contribution in [3.05, 3.63) is 39.9 Å². The second-order valence-corrected chi connectivity index (χ2v) is 4.72. The SMILES string of the molecule is CC(Cc1ccccc1[N+](=O)[O-])N1CCNCC1. The van der Waals surface area contributed by atoms with Gasteiger partial charge in [-0.1, -0.05) is 18.2 Å². The molecule has 1 aliphatic rings. The molecule has 2 rings (SSSR count). The van der Waals surface area contributed by atoms with Crippen LogP contribution >= 0.6 is 0 Å². The van der Waals surface area contributed by atoms with E-state index >= 15 is 0 Å². The van der Waals surface area contributed by atoms with E-state index in [1.54, 1.807) is 12.1 Å². The first-order chi connectivity index (χ1) is 8.68. The lowest BCUT2D eigenvalue weighted by atomic mass is 10.0. The molecule has 1 aromatic carbocycles. The van der Waals surface area contributed by atoms with Gasteiger partial charge in [-0.2, -0.15) is 0 Å². The molecule has 0 aliphatic carbocycles. The molecular formula is C13H19N3O2. The molecule has 1 unspecified atom stereocenters. The molecule has 98 valence electrons. The zero-order valence-electron chi connectivity index (χ0n) is 10.6. The summed E-state index contributed by atoms with van der Waals surface area (Å²) in [5.41, 5.74) is 1.06. The third kappa shape index (κ3) is 3.05. The van der Waals surface area contributed by atoms with Crippen molar-refractivity contribution < 1.29 is 4.92 Å². The van der Waals surface area contributed by atoms with Gasteiger partial charge in [-0.05, 0) is 13.3 Å². The normalized spacial score (nSPS) is 18.5. The highest BCUT2D eigenvalue weighted by Gasteiger charge is 2.20. The van der Waals surface area contributed by atoms with Gasteiger partial charge in [0.2, 0.25) is 0 Å². The van der Waals surface area contributed by atoms with Gasteiger partial charge >= 0.3 is 0 Å².